The van der Waals surface area contributed by atoms with Crippen molar-refractivity contribution in [3.63, 3.8) is 0 Å². The summed E-state index contributed by atoms with van der Waals surface area (Å²) in [6.07, 6.45) is 0. The van der Waals surface area contributed by atoms with Gasteiger partial charge in [-0.3, -0.25) is 0 Å². The predicted molar refractivity (Wildman–Crippen MR) is 59.9 cm³/mol. The lowest BCUT2D eigenvalue weighted by Crippen LogP contribution is -2.02. The van der Waals surface area contributed by atoms with E-state index in [4.69, 9.17) is 11.6 Å². The first-order valence-corrected chi connectivity index (χ1v) is 5.70. The van der Waals surface area contributed by atoms with Gasteiger partial charge in [-0.05, 0) is 12.1 Å². The van der Waals surface area contributed by atoms with Crippen molar-refractivity contribution in [1.29, 1.82) is 0 Å². The fourth-order valence-electron chi connectivity index (χ4n) is 0.769. The molecule has 1 aromatic rings. The zero-order valence-corrected chi connectivity index (χ0v) is 11.1. The summed E-state index contributed by atoms with van der Waals surface area (Å²) < 4.78 is 12.4. The van der Waals surface area contributed by atoms with Crippen molar-refractivity contribution in [1.82, 2.24) is 0 Å². The molecular formula is C7H3Br3ClF. The Kier molecular flexibility index (Phi) is 3.60. The molecule has 1 aromatic carbocycles. The van der Waals surface area contributed by atoms with Crippen LogP contribution in [0, 0.1) is 5.82 Å². The summed E-state index contributed by atoms with van der Waals surface area (Å²) >= 11 is 15.4. The van der Waals surface area contributed by atoms with Gasteiger partial charge < -0.3 is 0 Å². The fourth-order valence-corrected chi connectivity index (χ4v) is 2.62. The van der Waals surface area contributed by atoms with Gasteiger partial charge in [0.2, 0.25) is 0 Å². The second-order valence-electron chi connectivity index (χ2n) is 2.09. The van der Waals surface area contributed by atoms with Crippen LogP contribution in [0.3, 0.4) is 0 Å². The molecule has 0 nitrogen and oxygen atoms in total. The SMILES string of the molecule is Fc1cccc(Cl)c1C(Br)(Br)Br. The normalized spacial score (nSPS) is 11.8. The molecule has 0 radical (unpaired) electrons. The number of halogens is 5. The molecule has 0 N–H and O–H groups in total. The Morgan fingerprint density at radius 1 is 1.25 bits per heavy atom. The molecule has 12 heavy (non-hydrogen) atoms. The second kappa shape index (κ2) is 3.95. The van der Waals surface area contributed by atoms with Gasteiger partial charge in [-0.1, -0.05) is 65.5 Å². The topological polar surface area (TPSA) is 0 Å². The van der Waals surface area contributed by atoms with Crippen molar-refractivity contribution >= 4 is 59.4 Å². The van der Waals surface area contributed by atoms with Crippen LogP contribution < -0.4 is 0 Å². The first kappa shape index (κ1) is 11.0. The largest absolute Gasteiger partial charge is 0.207 e. The summed E-state index contributed by atoms with van der Waals surface area (Å²) in [6.45, 7) is 0. The predicted octanol–water partition coefficient (Wildman–Crippen LogP) is 4.77. The molecule has 0 fully saturated rings. The molecule has 0 unspecified atom stereocenters. The van der Waals surface area contributed by atoms with Crippen molar-refractivity contribution in [2.24, 2.45) is 0 Å². The summed E-state index contributed by atoms with van der Waals surface area (Å²) in [5.41, 5.74) is 0.340. The molecule has 66 valence electrons. The third-order valence-electron chi connectivity index (χ3n) is 1.25. The highest BCUT2D eigenvalue weighted by atomic mass is 80.0. The third kappa shape index (κ3) is 2.44. The van der Waals surface area contributed by atoms with Gasteiger partial charge in [0, 0.05) is 10.6 Å². The molecule has 0 aromatic heterocycles. The number of alkyl halides is 3. The van der Waals surface area contributed by atoms with Crippen LogP contribution in [0.15, 0.2) is 18.2 Å². The zero-order valence-electron chi connectivity index (χ0n) is 5.62. The first-order valence-electron chi connectivity index (χ1n) is 2.94. The summed E-state index contributed by atoms with van der Waals surface area (Å²) in [4.78, 5) is 0. The summed E-state index contributed by atoms with van der Waals surface area (Å²) in [7, 11) is 0. The maximum Gasteiger partial charge on any atom is 0.164 e. The average Bonchev–Trinajstić information content (AvgIpc) is 1.82. The molecule has 0 bridgehead atoms. The minimum atomic E-state index is -0.796. The van der Waals surface area contributed by atoms with E-state index in [0.717, 1.165) is 0 Å². The van der Waals surface area contributed by atoms with Crippen LogP contribution in [0.25, 0.3) is 0 Å². The van der Waals surface area contributed by atoms with Gasteiger partial charge in [0.25, 0.3) is 0 Å². The molecule has 1 rings (SSSR count). The molecule has 0 atom stereocenters. The Hall–Kier alpha value is 0.880. The molecule has 0 amide bonds. The molecule has 0 aliphatic carbocycles. The Morgan fingerprint density at radius 2 is 1.83 bits per heavy atom. The van der Waals surface area contributed by atoms with Gasteiger partial charge in [0.15, 0.2) is 2.14 Å². The van der Waals surface area contributed by atoms with Crippen molar-refractivity contribution in [3.05, 3.63) is 34.6 Å². The molecule has 0 spiro atoms. The van der Waals surface area contributed by atoms with Crippen LogP contribution in [0.2, 0.25) is 5.02 Å². The Labute approximate surface area is 99.9 Å². The van der Waals surface area contributed by atoms with E-state index in [9.17, 15) is 4.39 Å². The van der Waals surface area contributed by atoms with Crippen molar-refractivity contribution in [2.45, 2.75) is 2.14 Å². The molecule has 0 aliphatic heterocycles. The molecule has 0 saturated carbocycles. The highest BCUT2D eigenvalue weighted by molar-refractivity contribution is 9.38. The van der Waals surface area contributed by atoms with Crippen LogP contribution in [0.4, 0.5) is 4.39 Å². The van der Waals surface area contributed by atoms with E-state index in [1.54, 1.807) is 12.1 Å². The van der Waals surface area contributed by atoms with Crippen LogP contribution in [-0.4, -0.2) is 0 Å². The summed E-state index contributed by atoms with van der Waals surface area (Å²) in [5, 5.41) is 0.362. The number of hydrogen-bond donors (Lipinski definition) is 0. The van der Waals surface area contributed by atoms with Gasteiger partial charge in [-0.2, -0.15) is 0 Å². The highest BCUT2D eigenvalue weighted by Gasteiger charge is 2.27. The lowest BCUT2D eigenvalue weighted by Gasteiger charge is -2.14. The molecule has 5 heteroatoms. The van der Waals surface area contributed by atoms with E-state index in [1.165, 1.54) is 6.07 Å². The number of rotatable bonds is 0. The van der Waals surface area contributed by atoms with Crippen molar-refractivity contribution < 1.29 is 4.39 Å². The Bertz CT molecular complexity index is 275. The van der Waals surface area contributed by atoms with Gasteiger partial charge in [-0.25, -0.2) is 4.39 Å². The van der Waals surface area contributed by atoms with Gasteiger partial charge >= 0.3 is 0 Å². The molecular weight excluding hydrogens is 378 g/mol. The Morgan fingerprint density at radius 3 is 2.17 bits per heavy atom. The van der Waals surface area contributed by atoms with E-state index in [-0.39, 0.29) is 5.82 Å². The average molecular weight is 381 g/mol. The number of hydrogen-bond acceptors (Lipinski definition) is 0. The summed E-state index contributed by atoms with van der Waals surface area (Å²) in [5.74, 6) is -0.367. The van der Waals surface area contributed by atoms with Crippen LogP contribution in [0.1, 0.15) is 5.56 Å². The van der Waals surface area contributed by atoms with E-state index in [2.05, 4.69) is 47.8 Å². The summed E-state index contributed by atoms with van der Waals surface area (Å²) in [6, 6.07) is 4.53. The van der Waals surface area contributed by atoms with Crippen LogP contribution >= 0.6 is 59.4 Å². The van der Waals surface area contributed by atoms with Crippen LogP contribution in [-0.2, 0) is 2.14 Å². The monoisotopic (exact) mass is 378 g/mol. The van der Waals surface area contributed by atoms with Crippen molar-refractivity contribution in [3.8, 4) is 0 Å². The minimum Gasteiger partial charge on any atom is -0.207 e. The maximum atomic E-state index is 13.2. The molecule has 0 aliphatic rings. The van der Waals surface area contributed by atoms with Gasteiger partial charge in [-0.15, -0.1) is 0 Å². The van der Waals surface area contributed by atoms with E-state index in [0.29, 0.717) is 10.6 Å². The third-order valence-corrected chi connectivity index (χ3v) is 2.75. The fraction of sp³-hybridized carbons (Fsp3) is 0.143. The quantitative estimate of drug-likeness (QED) is 0.568. The van der Waals surface area contributed by atoms with E-state index in [1.807, 2.05) is 0 Å². The molecule has 0 heterocycles. The second-order valence-corrected chi connectivity index (χ2v) is 9.26. The smallest absolute Gasteiger partial charge is 0.164 e. The first-order chi connectivity index (χ1) is 5.43. The van der Waals surface area contributed by atoms with Gasteiger partial charge in [0.05, 0.1) is 0 Å². The Balaban J connectivity index is 3.31. The van der Waals surface area contributed by atoms with E-state index < -0.39 is 2.14 Å². The van der Waals surface area contributed by atoms with Crippen molar-refractivity contribution in [2.75, 3.05) is 0 Å². The van der Waals surface area contributed by atoms with Crippen LogP contribution in [0.5, 0.6) is 0 Å². The molecule has 0 saturated heterocycles. The van der Waals surface area contributed by atoms with E-state index >= 15 is 0 Å². The maximum absolute atomic E-state index is 13.2. The highest BCUT2D eigenvalue weighted by Crippen LogP contribution is 2.47. The lowest BCUT2D eigenvalue weighted by atomic mass is 10.2. The zero-order chi connectivity index (χ0) is 9.35. The minimum absolute atomic E-state index is 0.340. The number of benzene rings is 1. The lowest BCUT2D eigenvalue weighted by molar-refractivity contribution is 0.616. The standard InChI is InChI=1S/C7H3Br3ClF/c8-7(9,10)6-4(11)2-1-3-5(6)12/h1-3H. The van der Waals surface area contributed by atoms with Gasteiger partial charge in [0.1, 0.15) is 5.82 Å².